The lowest BCUT2D eigenvalue weighted by Gasteiger charge is -2.04. The third kappa shape index (κ3) is 1.64. The van der Waals surface area contributed by atoms with Gasteiger partial charge in [0.1, 0.15) is 5.82 Å². The first-order valence-corrected chi connectivity index (χ1v) is 7.50. The maximum absolute atomic E-state index is 4.79. The van der Waals surface area contributed by atoms with Crippen LogP contribution < -0.4 is 0 Å². The van der Waals surface area contributed by atoms with Crippen LogP contribution in [0.1, 0.15) is 5.82 Å². The SMILES string of the molecule is Cc1nc2c(-c3ccccc3)cnn2c2nc3ccccc3n12. The summed E-state index contributed by atoms with van der Waals surface area (Å²) in [5.41, 5.74) is 4.95. The average Bonchev–Trinajstić information content (AvgIpc) is 3.17. The molecule has 5 rings (SSSR count). The van der Waals surface area contributed by atoms with Crippen LogP contribution in [-0.4, -0.2) is 24.0 Å². The molecule has 0 aliphatic carbocycles. The van der Waals surface area contributed by atoms with E-state index in [2.05, 4.69) is 23.3 Å². The monoisotopic (exact) mass is 299 g/mol. The zero-order valence-corrected chi connectivity index (χ0v) is 12.5. The van der Waals surface area contributed by atoms with Crippen LogP contribution in [0.15, 0.2) is 60.8 Å². The number of hydrogen-bond donors (Lipinski definition) is 0. The van der Waals surface area contributed by atoms with Gasteiger partial charge in [0.2, 0.25) is 5.78 Å². The summed E-state index contributed by atoms with van der Waals surface area (Å²) in [5, 5.41) is 4.53. The Hall–Kier alpha value is -3.21. The zero-order valence-electron chi connectivity index (χ0n) is 12.5. The van der Waals surface area contributed by atoms with Gasteiger partial charge in [0.15, 0.2) is 5.65 Å². The highest BCUT2D eigenvalue weighted by atomic mass is 15.3. The predicted octanol–water partition coefficient (Wildman–Crippen LogP) is 3.51. The molecule has 0 aliphatic rings. The van der Waals surface area contributed by atoms with Gasteiger partial charge in [0.05, 0.1) is 17.2 Å². The lowest BCUT2D eigenvalue weighted by Crippen LogP contribution is -2.03. The van der Waals surface area contributed by atoms with Crippen LogP contribution in [0, 0.1) is 6.92 Å². The Labute approximate surface area is 131 Å². The molecule has 0 fully saturated rings. The van der Waals surface area contributed by atoms with Crippen LogP contribution in [0.25, 0.3) is 33.6 Å². The molecule has 0 atom stereocenters. The third-order valence-corrected chi connectivity index (χ3v) is 4.15. The summed E-state index contributed by atoms with van der Waals surface area (Å²) in [6.07, 6.45) is 1.86. The summed E-state index contributed by atoms with van der Waals surface area (Å²) >= 11 is 0. The summed E-state index contributed by atoms with van der Waals surface area (Å²) in [5.74, 6) is 1.69. The second kappa shape index (κ2) is 4.39. The molecule has 3 aromatic heterocycles. The molecule has 0 bridgehead atoms. The normalized spacial score (nSPS) is 11.7. The summed E-state index contributed by atoms with van der Waals surface area (Å²) in [4.78, 5) is 9.52. The minimum atomic E-state index is 0.788. The molecule has 0 radical (unpaired) electrons. The van der Waals surface area contributed by atoms with Gasteiger partial charge in [-0.25, -0.2) is 9.97 Å². The largest absolute Gasteiger partial charge is 0.264 e. The van der Waals surface area contributed by atoms with Gasteiger partial charge in [0.25, 0.3) is 0 Å². The van der Waals surface area contributed by atoms with E-state index < -0.39 is 0 Å². The second-order valence-corrected chi connectivity index (χ2v) is 5.55. The van der Waals surface area contributed by atoms with E-state index >= 15 is 0 Å². The molecular weight excluding hydrogens is 286 g/mol. The summed E-state index contributed by atoms with van der Waals surface area (Å²) in [6.45, 7) is 2.00. The van der Waals surface area contributed by atoms with Crippen LogP contribution in [0.5, 0.6) is 0 Å². The molecule has 5 aromatic rings. The lowest BCUT2D eigenvalue weighted by atomic mass is 10.1. The van der Waals surface area contributed by atoms with Crippen molar-refractivity contribution < 1.29 is 0 Å². The maximum atomic E-state index is 4.79. The standard InChI is InChI=1S/C18H13N5/c1-12-20-17-14(13-7-3-2-4-8-13)11-19-23(17)18-21-15-9-5-6-10-16(15)22(12)18/h2-11H,1H3. The quantitative estimate of drug-likeness (QED) is 0.476. The van der Waals surface area contributed by atoms with Crippen molar-refractivity contribution in [2.24, 2.45) is 0 Å². The number of aromatic nitrogens is 5. The van der Waals surface area contributed by atoms with Crippen LogP contribution in [0.3, 0.4) is 0 Å². The fourth-order valence-electron chi connectivity index (χ4n) is 3.09. The molecule has 0 amide bonds. The Morgan fingerprint density at radius 3 is 2.52 bits per heavy atom. The fourth-order valence-corrected chi connectivity index (χ4v) is 3.09. The van der Waals surface area contributed by atoms with E-state index in [-0.39, 0.29) is 0 Å². The zero-order chi connectivity index (χ0) is 15.4. The van der Waals surface area contributed by atoms with E-state index in [0.29, 0.717) is 0 Å². The number of hydrogen-bond acceptors (Lipinski definition) is 3. The smallest absolute Gasteiger partial charge is 0.239 e. The fraction of sp³-hybridized carbons (Fsp3) is 0.0556. The summed E-state index contributed by atoms with van der Waals surface area (Å²) < 4.78 is 3.86. The molecule has 0 spiro atoms. The first-order chi connectivity index (χ1) is 11.3. The Morgan fingerprint density at radius 1 is 0.870 bits per heavy atom. The average molecular weight is 299 g/mol. The molecule has 0 N–H and O–H groups in total. The summed E-state index contributed by atoms with van der Waals surface area (Å²) in [6, 6.07) is 18.3. The highest BCUT2D eigenvalue weighted by Gasteiger charge is 2.15. The van der Waals surface area contributed by atoms with Crippen LogP contribution in [0.4, 0.5) is 0 Å². The molecule has 0 saturated carbocycles. The van der Waals surface area contributed by atoms with E-state index in [1.807, 2.05) is 58.4 Å². The number of nitrogens with zero attached hydrogens (tertiary/aromatic N) is 5. The molecule has 23 heavy (non-hydrogen) atoms. The van der Waals surface area contributed by atoms with Crippen molar-refractivity contribution in [1.82, 2.24) is 24.0 Å². The number of benzene rings is 2. The van der Waals surface area contributed by atoms with Crippen LogP contribution >= 0.6 is 0 Å². The van der Waals surface area contributed by atoms with Crippen molar-refractivity contribution in [3.05, 3.63) is 66.6 Å². The van der Waals surface area contributed by atoms with E-state index in [4.69, 9.17) is 9.97 Å². The molecular formula is C18H13N5. The van der Waals surface area contributed by atoms with Crippen molar-refractivity contribution >= 4 is 22.5 Å². The van der Waals surface area contributed by atoms with Gasteiger partial charge in [0, 0.05) is 5.56 Å². The number of imidazole rings is 1. The van der Waals surface area contributed by atoms with Gasteiger partial charge in [-0.1, -0.05) is 42.5 Å². The molecule has 2 aromatic carbocycles. The first kappa shape index (κ1) is 12.3. The number of fused-ring (bicyclic) bond motifs is 5. The van der Waals surface area contributed by atoms with Gasteiger partial charge in [-0.15, -0.1) is 0 Å². The first-order valence-electron chi connectivity index (χ1n) is 7.50. The van der Waals surface area contributed by atoms with Gasteiger partial charge in [-0.2, -0.15) is 9.61 Å². The minimum absolute atomic E-state index is 0.788. The molecule has 5 heteroatoms. The number of rotatable bonds is 1. The van der Waals surface area contributed by atoms with E-state index in [1.165, 1.54) is 0 Å². The van der Waals surface area contributed by atoms with Crippen molar-refractivity contribution in [3.8, 4) is 11.1 Å². The number of aryl methyl sites for hydroxylation is 1. The Morgan fingerprint density at radius 2 is 1.65 bits per heavy atom. The third-order valence-electron chi connectivity index (χ3n) is 4.15. The van der Waals surface area contributed by atoms with Gasteiger partial charge < -0.3 is 0 Å². The minimum Gasteiger partial charge on any atom is -0.264 e. The van der Waals surface area contributed by atoms with Crippen molar-refractivity contribution in [2.75, 3.05) is 0 Å². The van der Waals surface area contributed by atoms with Gasteiger partial charge >= 0.3 is 0 Å². The maximum Gasteiger partial charge on any atom is 0.239 e. The lowest BCUT2D eigenvalue weighted by molar-refractivity contribution is 0.879. The number of para-hydroxylation sites is 2. The van der Waals surface area contributed by atoms with Gasteiger partial charge in [-0.05, 0) is 24.6 Å². The second-order valence-electron chi connectivity index (χ2n) is 5.55. The highest BCUT2D eigenvalue weighted by molar-refractivity contribution is 5.82. The molecule has 3 heterocycles. The summed E-state index contributed by atoms with van der Waals surface area (Å²) in [7, 11) is 0. The van der Waals surface area contributed by atoms with Gasteiger partial charge in [-0.3, -0.25) is 4.40 Å². The van der Waals surface area contributed by atoms with E-state index in [0.717, 1.165) is 39.4 Å². The molecule has 5 nitrogen and oxygen atoms in total. The Balaban J connectivity index is 1.94. The van der Waals surface area contributed by atoms with Crippen molar-refractivity contribution in [3.63, 3.8) is 0 Å². The predicted molar refractivity (Wildman–Crippen MR) is 89.4 cm³/mol. The molecule has 110 valence electrons. The Kier molecular flexibility index (Phi) is 2.36. The van der Waals surface area contributed by atoms with E-state index in [9.17, 15) is 0 Å². The van der Waals surface area contributed by atoms with E-state index in [1.54, 1.807) is 0 Å². The molecule has 0 unspecified atom stereocenters. The van der Waals surface area contributed by atoms with Crippen molar-refractivity contribution in [2.45, 2.75) is 6.92 Å². The van der Waals surface area contributed by atoms with Crippen LogP contribution in [0.2, 0.25) is 0 Å². The van der Waals surface area contributed by atoms with Crippen LogP contribution in [-0.2, 0) is 0 Å². The molecule has 0 aliphatic heterocycles. The Bertz CT molecular complexity index is 1170. The molecule has 0 saturated heterocycles. The topological polar surface area (TPSA) is 47.5 Å². The van der Waals surface area contributed by atoms with Crippen molar-refractivity contribution in [1.29, 1.82) is 0 Å². The highest BCUT2D eigenvalue weighted by Crippen LogP contribution is 2.26.